The van der Waals surface area contributed by atoms with Gasteiger partial charge in [-0.2, -0.15) is 0 Å². The van der Waals surface area contributed by atoms with Gasteiger partial charge >= 0.3 is 0 Å². The summed E-state index contributed by atoms with van der Waals surface area (Å²) in [7, 11) is 0. The lowest BCUT2D eigenvalue weighted by molar-refractivity contribution is 0.0708. The number of piperazine rings is 1. The van der Waals surface area contributed by atoms with E-state index in [1.807, 2.05) is 6.92 Å². The molecule has 0 saturated carbocycles. The summed E-state index contributed by atoms with van der Waals surface area (Å²) in [5, 5.41) is 3.28. The predicted molar refractivity (Wildman–Crippen MR) is 68.1 cm³/mol. The molecule has 92 valence electrons. The second-order valence-corrected chi connectivity index (χ2v) is 5.03. The average molecular weight is 300 g/mol. The van der Waals surface area contributed by atoms with Gasteiger partial charge in [-0.1, -0.05) is 0 Å². The van der Waals surface area contributed by atoms with Gasteiger partial charge in [0.05, 0.1) is 10.0 Å². The van der Waals surface area contributed by atoms with Crippen molar-refractivity contribution < 1.29 is 4.79 Å². The monoisotopic (exact) mass is 299 g/mol. The van der Waals surface area contributed by atoms with Crippen LogP contribution in [0, 0.1) is 0 Å². The van der Waals surface area contributed by atoms with Crippen LogP contribution in [0.5, 0.6) is 0 Å². The van der Waals surface area contributed by atoms with Crippen molar-refractivity contribution in [1.29, 1.82) is 0 Å². The van der Waals surface area contributed by atoms with Crippen molar-refractivity contribution in [3.8, 4) is 0 Å². The Kier molecular flexibility index (Phi) is 3.63. The van der Waals surface area contributed by atoms with Gasteiger partial charge in [0.25, 0.3) is 11.5 Å². The molecule has 0 bridgehead atoms. The van der Waals surface area contributed by atoms with Crippen LogP contribution in [0.2, 0.25) is 0 Å². The molecule has 1 aliphatic heterocycles. The Morgan fingerprint density at radius 3 is 3.00 bits per heavy atom. The van der Waals surface area contributed by atoms with Crippen LogP contribution < -0.4 is 10.9 Å². The zero-order valence-corrected chi connectivity index (χ0v) is 11.1. The van der Waals surface area contributed by atoms with Crippen LogP contribution in [-0.2, 0) is 0 Å². The Bertz CT molecular complexity index is 486. The third-order valence-electron chi connectivity index (χ3n) is 2.76. The van der Waals surface area contributed by atoms with Crippen molar-refractivity contribution in [2.75, 3.05) is 19.6 Å². The molecule has 2 N–H and O–H groups in total. The largest absolute Gasteiger partial charge is 0.336 e. The van der Waals surface area contributed by atoms with E-state index in [1.165, 1.54) is 6.20 Å². The number of rotatable bonds is 1. The van der Waals surface area contributed by atoms with Gasteiger partial charge in [-0.3, -0.25) is 9.59 Å². The van der Waals surface area contributed by atoms with Crippen molar-refractivity contribution in [3.63, 3.8) is 0 Å². The second-order valence-electron chi connectivity index (χ2n) is 4.17. The highest BCUT2D eigenvalue weighted by molar-refractivity contribution is 9.10. The summed E-state index contributed by atoms with van der Waals surface area (Å²) < 4.78 is 0.381. The highest BCUT2D eigenvalue weighted by Crippen LogP contribution is 2.10. The maximum Gasteiger partial charge on any atom is 0.262 e. The minimum atomic E-state index is -0.227. The Morgan fingerprint density at radius 1 is 1.59 bits per heavy atom. The first kappa shape index (κ1) is 12.3. The molecule has 0 unspecified atom stereocenters. The van der Waals surface area contributed by atoms with Crippen LogP contribution in [0.3, 0.4) is 0 Å². The van der Waals surface area contributed by atoms with Gasteiger partial charge in [-0.25, -0.2) is 0 Å². The number of amides is 1. The fraction of sp³-hybridized carbons (Fsp3) is 0.455. The van der Waals surface area contributed by atoms with E-state index in [9.17, 15) is 9.59 Å². The van der Waals surface area contributed by atoms with Crippen LogP contribution in [-0.4, -0.2) is 41.5 Å². The molecule has 17 heavy (non-hydrogen) atoms. The number of H-pyrrole nitrogens is 1. The van der Waals surface area contributed by atoms with Crippen LogP contribution in [0.15, 0.2) is 21.5 Å². The summed E-state index contributed by atoms with van der Waals surface area (Å²) in [6, 6.07) is 1.87. The van der Waals surface area contributed by atoms with Crippen LogP contribution in [0.1, 0.15) is 17.3 Å². The van der Waals surface area contributed by atoms with E-state index >= 15 is 0 Å². The van der Waals surface area contributed by atoms with E-state index in [-0.39, 0.29) is 11.5 Å². The quantitative estimate of drug-likeness (QED) is 0.797. The van der Waals surface area contributed by atoms with E-state index in [2.05, 4.69) is 26.2 Å². The van der Waals surface area contributed by atoms with Gasteiger partial charge < -0.3 is 15.2 Å². The maximum atomic E-state index is 12.2. The highest BCUT2D eigenvalue weighted by Gasteiger charge is 2.21. The molecule has 0 spiro atoms. The molecule has 1 fully saturated rings. The Balaban J connectivity index is 2.18. The van der Waals surface area contributed by atoms with Crippen molar-refractivity contribution >= 4 is 21.8 Å². The normalized spacial score (nSPS) is 20.4. The minimum Gasteiger partial charge on any atom is -0.336 e. The average Bonchev–Trinajstić information content (AvgIpc) is 2.32. The van der Waals surface area contributed by atoms with Gasteiger partial charge in [-0.05, 0) is 28.9 Å². The first-order chi connectivity index (χ1) is 8.08. The number of nitrogens with zero attached hydrogens (tertiary/aromatic N) is 1. The molecule has 1 atom stereocenters. The van der Waals surface area contributed by atoms with Crippen LogP contribution in [0.4, 0.5) is 0 Å². The molecule has 1 aromatic heterocycles. The van der Waals surface area contributed by atoms with Gasteiger partial charge in [-0.15, -0.1) is 0 Å². The number of nitrogens with one attached hydrogen (secondary N) is 2. The summed E-state index contributed by atoms with van der Waals surface area (Å²) in [5.41, 5.74) is 0.279. The third kappa shape index (κ3) is 2.76. The summed E-state index contributed by atoms with van der Waals surface area (Å²) in [5.74, 6) is -0.0460. The molecule has 0 aliphatic carbocycles. The number of aromatic amines is 1. The van der Waals surface area contributed by atoms with Crippen molar-refractivity contribution in [2.45, 2.75) is 13.0 Å². The number of carbonyl (C=O) groups excluding carboxylic acids is 1. The maximum absolute atomic E-state index is 12.2. The standard InChI is InChI=1S/C11H14BrN3O2/c1-7-6-15(3-2-13-7)11(17)8-4-9(12)10(16)14-5-8/h4-5,7,13H,2-3,6H2,1H3,(H,14,16)/t7-/m0/s1. The van der Waals surface area contributed by atoms with E-state index in [1.54, 1.807) is 11.0 Å². The first-order valence-corrected chi connectivity index (χ1v) is 6.28. The number of hydrogen-bond donors (Lipinski definition) is 2. The molecule has 6 heteroatoms. The highest BCUT2D eigenvalue weighted by atomic mass is 79.9. The lowest BCUT2D eigenvalue weighted by Gasteiger charge is -2.31. The number of hydrogen-bond acceptors (Lipinski definition) is 3. The molecule has 1 aromatic rings. The Morgan fingerprint density at radius 2 is 2.35 bits per heavy atom. The van der Waals surface area contributed by atoms with Crippen molar-refractivity contribution in [3.05, 3.63) is 32.7 Å². The zero-order valence-electron chi connectivity index (χ0n) is 9.50. The molecule has 2 rings (SSSR count). The summed E-state index contributed by atoms with van der Waals surface area (Å²) in [6.45, 7) is 4.23. The fourth-order valence-corrected chi connectivity index (χ4v) is 2.24. The Hall–Kier alpha value is -1.14. The summed E-state index contributed by atoms with van der Waals surface area (Å²) in [4.78, 5) is 27.7. The molecular weight excluding hydrogens is 286 g/mol. The lowest BCUT2D eigenvalue weighted by Crippen LogP contribution is -2.51. The second kappa shape index (κ2) is 5.01. The summed E-state index contributed by atoms with van der Waals surface area (Å²) >= 11 is 3.12. The molecule has 1 amide bonds. The number of carbonyl (C=O) groups is 1. The molecule has 5 nitrogen and oxygen atoms in total. The molecule has 0 radical (unpaired) electrons. The van der Waals surface area contributed by atoms with Gasteiger partial charge in [0.1, 0.15) is 0 Å². The van der Waals surface area contributed by atoms with Crippen molar-refractivity contribution in [1.82, 2.24) is 15.2 Å². The molecular formula is C11H14BrN3O2. The van der Waals surface area contributed by atoms with Gasteiger partial charge in [0.2, 0.25) is 0 Å². The molecule has 2 heterocycles. The number of halogens is 1. The number of pyridine rings is 1. The number of aromatic nitrogens is 1. The third-order valence-corrected chi connectivity index (χ3v) is 3.35. The lowest BCUT2D eigenvalue weighted by atomic mass is 10.2. The van der Waals surface area contributed by atoms with E-state index < -0.39 is 0 Å². The Labute approximate surface area is 107 Å². The zero-order chi connectivity index (χ0) is 12.4. The topological polar surface area (TPSA) is 65.2 Å². The van der Waals surface area contributed by atoms with Crippen LogP contribution in [0.25, 0.3) is 0 Å². The van der Waals surface area contributed by atoms with Crippen LogP contribution >= 0.6 is 15.9 Å². The SMILES string of the molecule is C[C@H]1CN(C(=O)c2c[nH]c(=O)c(Br)c2)CCN1. The predicted octanol–water partition coefficient (Wildman–Crippen LogP) is 0.571. The molecule has 1 aliphatic rings. The minimum absolute atomic E-state index is 0.0460. The van der Waals surface area contributed by atoms with Gasteiger partial charge in [0, 0.05) is 31.9 Å². The fourth-order valence-electron chi connectivity index (χ4n) is 1.88. The van der Waals surface area contributed by atoms with Crippen molar-refractivity contribution in [2.24, 2.45) is 0 Å². The molecule has 1 saturated heterocycles. The first-order valence-electron chi connectivity index (χ1n) is 5.49. The smallest absolute Gasteiger partial charge is 0.262 e. The molecule has 0 aromatic carbocycles. The van der Waals surface area contributed by atoms with E-state index in [4.69, 9.17) is 0 Å². The van der Waals surface area contributed by atoms with Gasteiger partial charge in [0.15, 0.2) is 0 Å². The van der Waals surface area contributed by atoms with E-state index in [0.29, 0.717) is 29.2 Å². The van der Waals surface area contributed by atoms with E-state index in [0.717, 1.165) is 6.54 Å². The summed E-state index contributed by atoms with van der Waals surface area (Å²) in [6.07, 6.45) is 1.46.